The molecule has 2 rings (SSSR count). The number of methoxy groups -OCH3 is 1. The van der Waals surface area contributed by atoms with Crippen molar-refractivity contribution < 1.29 is 9.53 Å². The summed E-state index contributed by atoms with van der Waals surface area (Å²) in [5.41, 5.74) is 6.89. The molecule has 0 radical (unpaired) electrons. The van der Waals surface area contributed by atoms with Gasteiger partial charge in [0.15, 0.2) is 6.29 Å². The minimum atomic E-state index is 0.443. The van der Waals surface area contributed by atoms with Crippen molar-refractivity contribution in [2.24, 2.45) is 5.73 Å². The van der Waals surface area contributed by atoms with Gasteiger partial charge in [0.05, 0.1) is 23.3 Å². The van der Waals surface area contributed by atoms with Crippen LogP contribution in [0.25, 0.3) is 10.9 Å². The number of hydrogen-bond acceptors (Lipinski definition) is 3. The van der Waals surface area contributed by atoms with E-state index in [-0.39, 0.29) is 0 Å². The van der Waals surface area contributed by atoms with Crippen LogP contribution in [-0.2, 0) is 6.54 Å². The Hall–Kier alpha value is -1.52. The maximum absolute atomic E-state index is 11.0. The van der Waals surface area contributed by atoms with Gasteiger partial charge in [-0.1, -0.05) is 11.6 Å². The fourth-order valence-electron chi connectivity index (χ4n) is 1.98. The van der Waals surface area contributed by atoms with Crippen molar-refractivity contribution in [2.75, 3.05) is 13.7 Å². The Bertz CT molecular complexity index is 563. The summed E-state index contributed by atoms with van der Waals surface area (Å²) in [6, 6.07) is 5.30. The number of benzene rings is 1. The Morgan fingerprint density at radius 1 is 1.53 bits per heavy atom. The summed E-state index contributed by atoms with van der Waals surface area (Å²) >= 11 is 6.16. The van der Waals surface area contributed by atoms with Crippen molar-refractivity contribution >= 4 is 28.8 Å². The molecule has 0 aliphatic rings. The van der Waals surface area contributed by atoms with Crippen LogP contribution in [0.2, 0.25) is 5.02 Å². The van der Waals surface area contributed by atoms with Crippen LogP contribution in [0.1, 0.15) is 10.5 Å². The number of fused-ring (bicyclic) bond motifs is 1. The van der Waals surface area contributed by atoms with E-state index in [9.17, 15) is 4.79 Å². The summed E-state index contributed by atoms with van der Waals surface area (Å²) < 4.78 is 7.07. The third-order valence-electron chi connectivity index (χ3n) is 2.70. The minimum Gasteiger partial charge on any atom is -0.496 e. The number of nitrogens with zero attached hydrogens (tertiary/aromatic N) is 1. The lowest BCUT2D eigenvalue weighted by atomic mass is 10.2. The van der Waals surface area contributed by atoms with Crippen LogP contribution >= 0.6 is 11.6 Å². The Balaban J connectivity index is 2.81. The number of rotatable bonds is 4. The van der Waals surface area contributed by atoms with E-state index in [1.54, 1.807) is 25.3 Å². The van der Waals surface area contributed by atoms with E-state index >= 15 is 0 Å². The maximum Gasteiger partial charge on any atom is 0.166 e. The van der Waals surface area contributed by atoms with E-state index in [2.05, 4.69) is 0 Å². The molecule has 0 saturated carbocycles. The highest BCUT2D eigenvalue weighted by molar-refractivity contribution is 6.35. The van der Waals surface area contributed by atoms with E-state index < -0.39 is 0 Å². The van der Waals surface area contributed by atoms with Crippen molar-refractivity contribution in [2.45, 2.75) is 6.54 Å². The van der Waals surface area contributed by atoms with Crippen LogP contribution in [0.3, 0.4) is 0 Å². The number of aromatic nitrogens is 1. The highest BCUT2D eigenvalue weighted by atomic mass is 35.5. The first-order chi connectivity index (χ1) is 8.22. The van der Waals surface area contributed by atoms with Crippen molar-refractivity contribution in [1.82, 2.24) is 4.57 Å². The molecule has 0 saturated heterocycles. The summed E-state index contributed by atoms with van der Waals surface area (Å²) in [6.45, 7) is 0.989. The Kier molecular flexibility index (Phi) is 3.36. The molecule has 1 aromatic heterocycles. The van der Waals surface area contributed by atoms with E-state index in [0.717, 1.165) is 17.2 Å². The van der Waals surface area contributed by atoms with Gasteiger partial charge in [-0.15, -0.1) is 0 Å². The van der Waals surface area contributed by atoms with Crippen LogP contribution in [0, 0.1) is 0 Å². The number of ether oxygens (including phenoxy) is 1. The van der Waals surface area contributed by atoms with Crippen LogP contribution in [0.5, 0.6) is 5.75 Å². The highest BCUT2D eigenvalue weighted by Gasteiger charge is 2.14. The lowest BCUT2D eigenvalue weighted by Crippen LogP contribution is -2.11. The summed E-state index contributed by atoms with van der Waals surface area (Å²) in [4.78, 5) is 11.0. The molecule has 1 aromatic carbocycles. The zero-order chi connectivity index (χ0) is 12.4. The molecule has 0 amide bonds. The molecule has 0 spiro atoms. The van der Waals surface area contributed by atoms with Gasteiger partial charge in [0, 0.05) is 18.5 Å². The van der Waals surface area contributed by atoms with Crippen molar-refractivity contribution in [3.63, 3.8) is 0 Å². The van der Waals surface area contributed by atoms with Crippen LogP contribution in [-0.4, -0.2) is 24.5 Å². The third-order valence-corrected chi connectivity index (χ3v) is 3.00. The molecule has 0 unspecified atom stereocenters. The number of nitrogens with two attached hydrogens (primary N) is 1. The standard InChI is InChI=1S/C12H13ClN2O2/c1-17-11-3-2-10(13)12-9(11)6-8(7-16)15(12)5-4-14/h2-3,6-7H,4-5,14H2,1H3. The molecular weight excluding hydrogens is 240 g/mol. The maximum atomic E-state index is 11.0. The first kappa shape index (κ1) is 12.0. The van der Waals surface area contributed by atoms with Crippen molar-refractivity contribution in [1.29, 1.82) is 0 Å². The molecule has 0 fully saturated rings. The first-order valence-electron chi connectivity index (χ1n) is 5.24. The van der Waals surface area contributed by atoms with E-state index in [1.807, 2.05) is 4.57 Å². The summed E-state index contributed by atoms with van der Waals surface area (Å²) in [5.74, 6) is 0.697. The lowest BCUT2D eigenvalue weighted by molar-refractivity contribution is 0.111. The quantitative estimate of drug-likeness (QED) is 0.848. The first-order valence-corrected chi connectivity index (χ1v) is 5.61. The molecule has 0 aliphatic carbocycles. The van der Waals surface area contributed by atoms with Gasteiger partial charge in [0.25, 0.3) is 0 Å². The zero-order valence-corrected chi connectivity index (χ0v) is 10.2. The van der Waals surface area contributed by atoms with Gasteiger partial charge in [-0.05, 0) is 18.2 Å². The molecular formula is C12H13ClN2O2. The predicted octanol–water partition coefficient (Wildman–Crippen LogP) is 2.07. The van der Waals surface area contributed by atoms with Gasteiger partial charge in [-0.3, -0.25) is 4.79 Å². The number of aldehydes is 1. The third kappa shape index (κ3) is 1.90. The Morgan fingerprint density at radius 2 is 2.29 bits per heavy atom. The number of hydrogen-bond donors (Lipinski definition) is 1. The van der Waals surface area contributed by atoms with Gasteiger partial charge in [-0.25, -0.2) is 0 Å². The van der Waals surface area contributed by atoms with Crippen LogP contribution < -0.4 is 10.5 Å². The summed E-state index contributed by atoms with van der Waals surface area (Å²) in [5, 5.41) is 1.41. The largest absolute Gasteiger partial charge is 0.496 e. The van der Waals surface area contributed by atoms with Gasteiger partial charge in [-0.2, -0.15) is 0 Å². The molecule has 4 nitrogen and oxygen atoms in total. The normalized spacial score (nSPS) is 10.8. The van der Waals surface area contributed by atoms with E-state index in [0.29, 0.717) is 29.6 Å². The minimum absolute atomic E-state index is 0.443. The molecule has 90 valence electrons. The Labute approximate surface area is 104 Å². The average Bonchev–Trinajstić information content (AvgIpc) is 2.70. The summed E-state index contributed by atoms with van der Waals surface area (Å²) in [7, 11) is 1.59. The Morgan fingerprint density at radius 3 is 2.88 bits per heavy atom. The molecule has 0 atom stereocenters. The molecule has 0 aliphatic heterocycles. The van der Waals surface area contributed by atoms with Gasteiger partial charge in [0.2, 0.25) is 0 Å². The SMILES string of the molecule is COc1ccc(Cl)c2c1cc(C=O)n2CCN. The molecule has 1 heterocycles. The second-order valence-electron chi connectivity index (χ2n) is 3.64. The second kappa shape index (κ2) is 4.77. The van der Waals surface area contributed by atoms with Crippen molar-refractivity contribution in [3.8, 4) is 5.75 Å². The second-order valence-corrected chi connectivity index (χ2v) is 4.05. The van der Waals surface area contributed by atoms with E-state index in [4.69, 9.17) is 22.1 Å². The van der Waals surface area contributed by atoms with E-state index in [1.165, 1.54) is 0 Å². The van der Waals surface area contributed by atoms with Gasteiger partial charge < -0.3 is 15.0 Å². The van der Waals surface area contributed by atoms with Crippen LogP contribution in [0.15, 0.2) is 18.2 Å². The molecule has 2 aromatic rings. The number of carbonyl (C=O) groups is 1. The van der Waals surface area contributed by atoms with Crippen molar-refractivity contribution in [3.05, 3.63) is 28.9 Å². The fraction of sp³-hybridized carbons (Fsp3) is 0.250. The summed E-state index contributed by atoms with van der Waals surface area (Å²) in [6.07, 6.45) is 0.797. The highest BCUT2D eigenvalue weighted by Crippen LogP contribution is 2.33. The topological polar surface area (TPSA) is 57.2 Å². The average molecular weight is 253 g/mol. The monoisotopic (exact) mass is 252 g/mol. The molecule has 0 bridgehead atoms. The van der Waals surface area contributed by atoms with Gasteiger partial charge >= 0.3 is 0 Å². The van der Waals surface area contributed by atoms with Gasteiger partial charge in [0.1, 0.15) is 5.75 Å². The molecule has 17 heavy (non-hydrogen) atoms. The predicted molar refractivity (Wildman–Crippen MR) is 67.9 cm³/mol. The fourth-order valence-corrected chi connectivity index (χ4v) is 2.24. The van der Waals surface area contributed by atoms with Crippen LogP contribution in [0.4, 0.5) is 0 Å². The number of carbonyl (C=O) groups excluding carboxylic acids is 1. The smallest absolute Gasteiger partial charge is 0.166 e. The molecule has 5 heteroatoms. The zero-order valence-electron chi connectivity index (χ0n) is 9.44. The number of halogens is 1. The lowest BCUT2D eigenvalue weighted by Gasteiger charge is -2.08. The molecule has 2 N–H and O–H groups in total.